The number of rotatable bonds is 8. The smallest absolute Gasteiger partial charge is 0.488 e. The molecule has 32 heavy (non-hydrogen) atoms. The van der Waals surface area contributed by atoms with Crippen molar-refractivity contribution < 1.29 is 38.4 Å². The van der Waals surface area contributed by atoms with E-state index in [-0.39, 0.29) is 28.4 Å². The highest BCUT2D eigenvalue weighted by atomic mass is 32.3. The van der Waals surface area contributed by atoms with Crippen LogP contribution in [0.2, 0.25) is 0 Å². The van der Waals surface area contributed by atoms with Crippen LogP contribution in [-0.4, -0.2) is 28.1 Å². The normalized spacial score (nSPS) is 11.8. The van der Waals surface area contributed by atoms with E-state index in [9.17, 15) is 29.5 Å². The molecule has 0 bridgehead atoms. The topological polar surface area (TPSA) is 112 Å². The minimum absolute atomic E-state index is 0.00814. The fourth-order valence-electron chi connectivity index (χ4n) is 2.63. The van der Waals surface area contributed by atoms with Gasteiger partial charge in [0.25, 0.3) is 0 Å². The van der Waals surface area contributed by atoms with Crippen molar-refractivity contribution in [2.75, 3.05) is 11.0 Å². The molecule has 13 heteroatoms. The maximum Gasteiger partial charge on any atom is 0.488 e. The second kappa shape index (κ2) is 9.04. The van der Waals surface area contributed by atoms with Crippen LogP contribution in [0.4, 0.5) is 18.5 Å². The Kier molecular flexibility index (Phi) is 6.60. The summed E-state index contributed by atoms with van der Waals surface area (Å²) >= 11 is 0. The Morgan fingerprint density at radius 2 is 1.50 bits per heavy atom. The maximum atomic E-state index is 14.5. The van der Waals surface area contributed by atoms with Crippen LogP contribution in [0.3, 0.4) is 0 Å². The number of nitrogens with zero attached hydrogens (tertiary/aromatic N) is 1. The molecular weight excluding hydrogens is 473 g/mol. The Balaban J connectivity index is 1.76. The van der Waals surface area contributed by atoms with Crippen molar-refractivity contribution in [3.8, 4) is 22.6 Å². The summed E-state index contributed by atoms with van der Waals surface area (Å²) in [5.74, 6) is -1.99. The third-order valence-corrected chi connectivity index (χ3v) is 4.90. The van der Waals surface area contributed by atoms with Gasteiger partial charge in [-0.2, -0.15) is 8.42 Å². The van der Waals surface area contributed by atoms with E-state index >= 15 is 0 Å². The molecule has 0 fully saturated rings. The maximum absolute atomic E-state index is 14.5. The standard InChI is InChI=1S/C19H15F3N2O6S2/c1-31(25,26)24-19-10-12(6-7-23-19)13-8-17(20)16(18(21)9-13)11-29-14-2-4-15(5-3-14)30-32(22,27)28/h2-10H,11H2,1H3,(H,23,24). The van der Waals surface area contributed by atoms with Gasteiger partial charge in [-0.05, 0) is 59.7 Å². The van der Waals surface area contributed by atoms with Gasteiger partial charge in [-0.1, -0.05) is 3.89 Å². The quantitative estimate of drug-likeness (QED) is 0.483. The van der Waals surface area contributed by atoms with Crippen LogP contribution in [0.15, 0.2) is 54.7 Å². The molecule has 0 spiro atoms. The lowest BCUT2D eigenvalue weighted by Crippen LogP contribution is -2.10. The first kappa shape index (κ1) is 23.3. The molecule has 3 aromatic rings. The van der Waals surface area contributed by atoms with Crippen LogP contribution in [0.1, 0.15) is 5.56 Å². The van der Waals surface area contributed by atoms with Gasteiger partial charge < -0.3 is 8.92 Å². The summed E-state index contributed by atoms with van der Waals surface area (Å²) in [4.78, 5) is 3.84. The van der Waals surface area contributed by atoms with E-state index in [1.807, 2.05) is 0 Å². The van der Waals surface area contributed by atoms with Gasteiger partial charge >= 0.3 is 10.5 Å². The first-order chi connectivity index (χ1) is 14.9. The van der Waals surface area contributed by atoms with Crippen molar-refractivity contribution in [3.63, 3.8) is 0 Å². The number of ether oxygens (including phenoxy) is 1. The van der Waals surface area contributed by atoms with E-state index < -0.39 is 38.8 Å². The molecule has 0 aliphatic carbocycles. The fraction of sp³-hybridized carbons (Fsp3) is 0.105. The highest BCUT2D eigenvalue weighted by molar-refractivity contribution is 7.92. The first-order valence-electron chi connectivity index (χ1n) is 8.69. The third-order valence-electron chi connectivity index (χ3n) is 3.93. The number of pyridine rings is 1. The first-order valence-corrected chi connectivity index (χ1v) is 11.9. The molecule has 1 N–H and O–H groups in total. The molecule has 0 atom stereocenters. The summed E-state index contributed by atoms with van der Waals surface area (Å²) in [6.07, 6.45) is 2.23. The molecule has 0 saturated heterocycles. The Bertz CT molecular complexity index is 1320. The third kappa shape index (κ3) is 6.59. The molecule has 1 heterocycles. The van der Waals surface area contributed by atoms with Gasteiger partial charge in [0.15, 0.2) is 0 Å². The van der Waals surface area contributed by atoms with Crippen LogP contribution in [0.5, 0.6) is 11.5 Å². The zero-order valence-corrected chi connectivity index (χ0v) is 17.9. The van der Waals surface area contributed by atoms with E-state index in [0.29, 0.717) is 5.56 Å². The van der Waals surface area contributed by atoms with Crippen LogP contribution < -0.4 is 13.6 Å². The molecule has 0 aliphatic rings. The Labute approximate surface area is 182 Å². The summed E-state index contributed by atoms with van der Waals surface area (Å²) in [5, 5.41) is 0. The lowest BCUT2D eigenvalue weighted by molar-refractivity contribution is 0.292. The molecule has 0 amide bonds. The van der Waals surface area contributed by atoms with Gasteiger partial charge in [0.1, 0.15) is 35.6 Å². The van der Waals surface area contributed by atoms with E-state index in [1.54, 1.807) is 0 Å². The van der Waals surface area contributed by atoms with Crippen LogP contribution in [0.25, 0.3) is 11.1 Å². The molecule has 0 unspecified atom stereocenters. The molecular formula is C19H15F3N2O6S2. The lowest BCUT2D eigenvalue weighted by Gasteiger charge is -2.11. The zero-order chi connectivity index (χ0) is 23.5. The molecule has 0 aliphatic heterocycles. The number of hydrogen-bond acceptors (Lipinski definition) is 7. The second-order valence-electron chi connectivity index (χ2n) is 6.46. The summed E-state index contributed by atoms with van der Waals surface area (Å²) in [7, 11) is -8.75. The van der Waals surface area contributed by atoms with E-state index in [2.05, 4.69) is 13.9 Å². The van der Waals surface area contributed by atoms with Crippen LogP contribution in [0, 0.1) is 11.6 Å². The van der Waals surface area contributed by atoms with E-state index in [1.165, 1.54) is 30.5 Å². The average molecular weight is 488 g/mol. The van der Waals surface area contributed by atoms with Gasteiger partial charge in [0.05, 0.1) is 11.8 Å². The summed E-state index contributed by atoms with van der Waals surface area (Å²) in [6.45, 7) is -0.489. The monoisotopic (exact) mass is 488 g/mol. The summed E-state index contributed by atoms with van der Waals surface area (Å²) < 4.78 is 96.6. The number of nitrogens with one attached hydrogen (secondary N) is 1. The van der Waals surface area contributed by atoms with Crippen molar-refractivity contribution in [3.05, 3.63) is 71.9 Å². The SMILES string of the molecule is CS(=O)(=O)Nc1cc(-c2cc(F)c(COc3ccc(OS(=O)(=O)F)cc3)c(F)c2)ccn1. The van der Waals surface area contributed by atoms with Gasteiger partial charge in [0, 0.05) is 6.20 Å². The highest BCUT2D eigenvalue weighted by Gasteiger charge is 2.15. The van der Waals surface area contributed by atoms with Gasteiger partial charge in [-0.25, -0.2) is 22.2 Å². The van der Waals surface area contributed by atoms with E-state index in [0.717, 1.165) is 30.5 Å². The van der Waals surface area contributed by atoms with Gasteiger partial charge in [0.2, 0.25) is 10.0 Å². The molecule has 170 valence electrons. The zero-order valence-electron chi connectivity index (χ0n) is 16.3. The molecule has 1 aromatic heterocycles. The molecule has 8 nitrogen and oxygen atoms in total. The predicted molar refractivity (Wildman–Crippen MR) is 109 cm³/mol. The van der Waals surface area contributed by atoms with Crippen molar-refractivity contribution in [1.82, 2.24) is 4.98 Å². The van der Waals surface area contributed by atoms with Crippen LogP contribution >= 0.6 is 0 Å². The minimum atomic E-state index is -5.17. The minimum Gasteiger partial charge on any atom is -0.489 e. The number of hydrogen-bond donors (Lipinski definition) is 1. The Morgan fingerprint density at radius 1 is 0.906 bits per heavy atom. The van der Waals surface area contributed by atoms with Crippen molar-refractivity contribution >= 4 is 26.3 Å². The van der Waals surface area contributed by atoms with Crippen molar-refractivity contribution in [2.45, 2.75) is 6.61 Å². The molecule has 3 rings (SSSR count). The van der Waals surface area contributed by atoms with Crippen molar-refractivity contribution in [2.24, 2.45) is 0 Å². The highest BCUT2D eigenvalue weighted by Crippen LogP contribution is 2.27. The lowest BCUT2D eigenvalue weighted by atomic mass is 10.0. The van der Waals surface area contributed by atoms with Crippen LogP contribution in [-0.2, 0) is 27.1 Å². The summed E-state index contributed by atoms with van der Waals surface area (Å²) in [5.41, 5.74) is 0.107. The predicted octanol–water partition coefficient (Wildman–Crippen LogP) is 3.57. The molecule has 0 radical (unpaired) electrons. The Hall–Kier alpha value is -3.32. The Morgan fingerprint density at radius 3 is 2.06 bits per heavy atom. The second-order valence-corrected chi connectivity index (χ2v) is 9.16. The average Bonchev–Trinajstić information content (AvgIpc) is 2.66. The molecule has 0 saturated carbocycles. The number of sulfonamides is 1. The molecule has 2 aromatic carbocycles. The fourth-order valence-corrected chi connectivity index (χ4v) is 3.46. The van der Waals surface area contributed by atoms with E-state index in [4.69, 9.17) is 4.74 Å². The number of halogens is 3. The largest absolute Gasteiger partial charge is 0.489 e. The number of aromatic nitrogens is 1. The van der Waals surface area contributed by atoms with Crippen molar-refractivity contribution in [1.29, 1.82) is 0 Å². The van der Waals surface area contributed by atoms with Gasteiger partial charge in [-0.15, -0.1) is 0 Å². The number of anilines is 1. The summed E-state index contributed by atoms with van der Waals surface area (Å²) in [6, 6.07) is 9.58. The van der Waals surface area contributed by atoms with Gasteiger partial charge in [-0.3, -0.25) is 4.72 Å². The number of benzene rings is 2.